The van der Waals surface area contributed by atoms with Crippen LogP contribution in [0.5, 0.6) is 0 Å². The van der Waals surface area contributed by atoms with Crippen LogP contribution >= 0.6 is 0 Å². The standard InChI is InChI=1S/C29H42N4O3Si/c1-22-31-32-27(33(22)18-12-15-23-13-9-8-10-14-23)17-11-16-25-19-24(28(34)35-5)20-26(30-25)21-36-37(6,7)29(2,3)4/h8-10,13-14,19-20H,11-12,15-18,21H2,1-7H3. The molecule has 1 aromatic carbocycles. The van der Waals surface area contributed by atoms with E-state index in [9.17, 15) is 4.79 Å². The van der Waals surface area contributed by atoms with Gasteiger partial charge in [0.15, 0.2) is 8.32 Å². The number of carbonyl (C=O) groups is 1. The van der Waals surface area contributed by atoms with Gasteiger partial charge in [0.25, 0.3) is 0 Å². The predicted octanol–water partition coefficient (Wildman–Crippen LogP) is 6.10. The molecule has 3 aromatic rings. The zero-order valence-corrected chi connectivity index (χ0v) is 24.5. The third kappa shape index (κ3) is 8.07. The molecule has 0 unspecified atom stereocenters. The van der Waals surface area contributed by atoms with E-state index in [0.29, 0.717) is 12.2 Å². The van der Waals surface area contributed by atoms with Crippen molar-refractivity contribution in [3.8, 4) is 0 Å². The zero-order valence-electron chi connectivity index (χ0n) is 23.5. The maximum atomic E-state index is 12.3. The number of rotatable bonds is 12. The van der Waals surface area contributed by atoms with Gasteiger partial charge < -0.3 is 13.7 Å². The summed E-state index contributed by atoms with van der Waals surface area (Å²) in [5.74, 6) is 1.58. The van der Waals surface area contributed by atoms with Gasteiger partial charge in [-0.2, -0.15) is 0 Å². The number of esters is 1. The topological polar surface area (TPSA) is 79.1 Å². The SMILES string of the molecule is COC(=O)c1cc(CCCc2nnc(C)n2CCCc2ccccc2)nc(CO[Si](C)(C)C(C)(C)C)c1. The normalized spacial score (nSPS) is 12.1. The van der Waals surface area contributed by atoms with Crippen molar-refractivity contribution in [2.45, 2.75) is 91.1 Å². The Morgan fingerprint density at radius 3 is 2.35 bits per heavy atom. The minimum Gasteiger partial charge on any atom is -0.465 e. The molecule has 0 bridgehead atoms. The van der Waals surface area contributed by atoms with Gasteiger partial charge in [0.05, 0.1) is 25.0 Å². The molecule has 0 amide bonds. The summed E-state index contributed by atoms with van der Waals surface area (Å²) >= 11 is 0. The van der Waals surface area contributed by atoms with Crippen LogP contribution in [0.3, 0.4) is 0 Å². The fraction of sp³-hybridized carbons (Fsp3) is 0.517. The number of hydrogen-bond acceptors (Lipinski definition) is 6. The fourth-order valence-electron chi connectivity index (χ4n) is 3.97. The lowest BCUT2D eigenvalue weighted by atomic mass is 10.1. The number of aromatic nitrogens is 4. The highest BCUT2D eigenvalue weighted by Gasteiger charge is 2.37. The summed E-state index contributed by atoms with van der Waals surface area (Å²) in [7, 11) is -0.535. The molecule has 8 heteroatoms. The van der Waals surface area contributed by atoms with E-state index in [1.807, 2.05) is 19.1 Å². The number of carbonyl (C=O) groups excluding carboxylic acids is 1. The van der Waals surface area contributed by atoms with Gasteiger partial charge in [-0.15, -0.1) is 10.2 Å². The van der Waals surface area contributed by atoms with Gasteiger partial charge in [-0.25, -0.2) is 4.79 Å². The summed E-state index contributed by atoms with van der Waals surface area (Å²) in [5, 5.41) is 8.85. The van der Waals surface area contributed by atoms with Gasteiger partial charge >= 0.3 is 5.97 Å². The first-order valence-electron chi connectivity index (χ1n) is 13.1. The number of hydrogen-bond donors (Lipinski definition) is 0. The Morgan fingerprint density at radius 2 is 1.68 bits per heavy atom. The Morgan fingerprint density at radius 1 is 0.973 bits per heavy atom. The molecule has 37 heavy (non-hydrogen) atoms. The number of pyridine rings is 1. The van der Waals surface area contributed by atoms with Crippen LogP contribution in [0.4, 0.5) is 0 Å². The molecule has 7 nitrogen and oxygen atoms in total. The molecular weight excluding hydrogens is 480 g/mol. The summed E-state index contributed by atoms with van der Waals surface area (Å²) < 4.78 is 13.6. The van der Waals surface area contributed by atoms with Crippen molar-refractivity contribution in [3.63, 3.8) is 0 Å². The molecule has 0 atom stereocenters. The summed E-state index contributed by atoms with van der Waals surface area (Å²) in [4.78, 5) is 17.1. The molecular formula is C29H42N4O3Si. The first kappa shape index (κ1) is 28.7. The molecule has 0 aliphatic heterocycles. The zero-order chi connectivity index (χ0) is 27.1. The second-order valence-corrected chi connectivity index (χ2v) is 15.9. The van der Waals surface area contributed by atoms with Crippen LogP contribution in [0.1, 0.15) is 72.6 Å². The van der Waals surface area contributed by atoms with Gasteiger partial charge in [0.1, 0.15) is 11.6 Å². The van der Waals surface area contributed by atoms with E-state index in [0.717, 1.165) is 61.7 Å². The summed E-state index contributed by atoms with van der Waals surface area (Å²) in [6, 6.07) is 14.2. The predicted molar refractivity (Wildman–Crippen MR) is 149 cm³/mol. The van der Waals surface area contributed by atoms with Crippen molar-refractivity contribution in [2.24, 2.45) is 0 Å². The van der Waals surface area contributed by atoms with Crippen molar-refractivity contribution in [1.82, 2.24) is 19.7 Å². The monoisotopic (exact) mass is 522 g/mol. The second-order valence-electron chi connectivity index (χ2n) is 11.1. The molecule has 0 radical (unpaired) electrons. The van der Waals surface area contributed by atoms with E-state index >= 15 is 0 Å². The van der Waals surface area contributed by atoms with E-state index in [1.165, 1.54) is 12.7 Å². The third-order valence-corrected chi connectivity index (χ3v) is 11.8. The van der Waals surface area contributed by atoms with Gasteiger partial charge in [0.2, 0.25) is 0 Å². The molecule has 0 saturated heterocycles. The number of nitrogens with zero attached hydrogens (tertiary/aromatic N) is 4. The summed E-state index contributed by atoms with van der Waals surface area (Å²) in [6.45, 7) is 14.4. The minimum atomic E-state index is -1.94. The van der Waals surface area contributed by atoms with Crippen molar-refractivity contribution >= 4 is 14.3 Å². The molecule has 0 aliphatic carbocycles. The molecule has 0 fully saturated rings. The number of benzene rings is 1. The Bertz CT molecular complexity index is 1170. The smallest absolute Gasteiger partial charge is 0.337 e. The van der Waals surface area contributed by atoms with E-state index in [4.69, 9.17) is 14.1 Å². The molecule has 0 saturated carbocycles. The first-order chi connectivity index (χ1) is 17.5. The molecule has 0 aliphatic rings. The number of aryl methyl sites for hydroxylation is 4. The Hall–Kier alpha value is -2.84. The average Bonchev–Trinajstić information content (AvgIpc) is 3.21. The van der Waals surface area contributed by atoms with Crippen molar-refractivity contribution in [3.05, 3.63) is 76.6 Å². The summed E-state index contributed by atoms with van der Waals surface area (Å²) in [6.07, 6.45) is 4.45. The Balaban J connectivity index is 1.64. The third-order valence-electron chi connectivity index (χ3n) is 7.28. The van der Waals surface area contributed by atoms with Crippen LogP contribution in [-0.2, 0) is 41.6 Å². The lowest BCUT2D eigenvalue weighted by Crippen LogP contribution is -2.40. The van der Waals surface area contributed by atoms with Gasteiger partial charge in [-0.1, -0.05) is 51.1 Å². The highest BCUT2D eigenvalue weighted by molar-refractivity contribution is 6.74. The van der Waals surface area contributed by atoms with E-state index in [1.54, 1.807) is 6.07 Å². The average molecular weight is 523 g/mol. The van der Waals surface area contributed by atoms with E-state index in [2.05, 4.69) is 72.9 Å². The molecule has 2 aromatic heterocycles. The Labute approximate surface area is 222 Å². The highest BCUT2D eigenvalue weighted by Crippen LogP contribution is 2.37. The molecule has 200 valence electrons. The lowest BCUT2D eigenvalue weighted by molar-refractivity contribution is 0.0600. The highest BCUT2D eigenvalue weighted by atomic mass is 28.4. The largest absolute Gasteiger partial charge is 0.465 e. The van der Waals surface area contributed by atoms with Gasteiger partial charge in [-0.3, -0.25) is 4.98 Å². The van der Waals surface area contributed by atoms with E-state index in [-0.39, 0.29) is 11.0 Å². The van der Waals surface area contributed by atoms with Crippen molar-refractivity contribution in [1.29, 1.82) is 0 Å². The maximum Gasteiger partial charge on any atom is 0.337 e. The number of ether oxygens (including phenoxy) is 1. The van der Waals surface area contributed by atoms with Gasteiger partial charge in [0, 0.05) is 18.7 Å². The first-order valence-corrected chi connectivity index (χ1v) is 16.1. The van der Waals surface area contributed by atoms with Gasteiger partial charge in [-0.05, 0) is 68.4 Å². The van der Waals surface area contributed by atoms with Crippen LogP contribution in [-0.4, -0.2) is 41.1 Å². The van der Waals surface area contributed by atoms with Crippen LogP contribution in [0.25, 0.3) is 0 Å². The maximum absolute atomic E-state index is 12.3. The summed E-state index contributed by atoms with van der Waals surface area (Å²) in [5.41, 5.74) is 3.49. The molecule has 0 N–H and O–H groups in total. The van der Waals surface area contributed by atoms with Crippen LogP contribution < -0.4 is 0 Å². The van der Waals surface area contributed by atoms with Crippen molar-refractivity contribution < 1.29 is 14.0 Å². The molecule has 3 rings (SSSR count). The fourth-order valence-corrected chi connectivity index (χ4v) is 4.91. The van der Waals surface area contributed by atoms with E-state index < -0.39 is 8.32 Å². The number of methoxy groups -OCH3 is 1. The molecule has 0 spiro atoms. The molecule has 2 heterocycles. The quantitative estimate of drug-likeness (QED) is 0.211. The minimum absolute atomic E-state index is 0.102. The second kappa shape index (κ2) is 12.6. The lowest BCUT2D eigenvalue weighted by Gasteiger charge is -2.36. The van der Waals surface area contributed by atoms with Crippen molar-refractivity contribution in [2.75, 3.05) is 7.11 Å². The van der Waals surface area contributed by atoms with Crippen LogP contribution in [0, 0.1) is 6.92 Å². The van der Waals surface area contributed by atoms with Crippen LogP contribution in [0.2, 0.25) is 18.1 Å². The Kier molecular flexibility index (Phi) is 9.78. The van der Waals surface area contributed by atoms with Crippen LogP contribution in [0.15, 0.2) is 42.5 Å².